The molecule has 0 atom stereocenters. The second kappa shape index (κ2) is 5.83. The van der Waals surface area contributed by atoms with Crippen molar-refractivity contribution in [2.24, 2.45) is 0 Å². The first-order valence-corrected chi connectivity index (χ1v) is 11.5. The summed E-state index contributed by atoms with van der Waals surface area (Å²) >= 11 is 1.70. The predicted octanol–water partition coefficient (Wildman–Crippen LogP) is 7.70. The maximum absolute atomic E-state index is 4.46. The third kappa shape index (κ3) is 2.14. The summed E-state index contributed by atoms with van der Waals surface area (Å²) in [6.07, 6.45) is 0. The minimum atomic E-state index is -0.0397. The molecule has 7 rings (SSSR count). The molecule has 1 aliphatic carbocycles. The van der Waals surface area contributed by atoms with Crippen molar-refractivity contribution in [1.29, 1.82) is 0 Å². The smallest absolute Gasteiger partial charge is 0.0813 e. The van der Waals surface area contributed by atoms with Gasteiger partial charge in [-0.05, 0) is 52.6 Å². The van der Waals surface area contributed by atoms with E-state index in [0.29, 0.717) is 0 Å². The zero-order chi connectivity index (χ0) is 20.7. The lowest BCUT2D eigenvalue weighted by Crippen LogP contribution is -2.15. The minimum absolute atomic E-state index is 0.0397. The van der Waals surface area contributed by atoms with Gasteiger partial charge in [-0.1, -0.05) is 62.4 Å². The van der Waals surface area contributed by atoms with E-state index in [9.17, 15) is 0 Å². The van der Waals surface area contributed by atoms with E-state index < -0.39 is 0 Å². The Balaban J connectivity index is 1.65. The van der Waals surface area contributed by atoms with Gasteiger partial charge in [0.05, 0.1) is 26.8 Å². The van der Waals surface area contributed by atoms with E-state index in [4.69, 9.17) is 0 Å². The average Bonchev–Trinajstić information content (AvgIpc) is 3.45. The van der Waals surface area contributed by atoms with Gasteiger partial charge >= 0.3 is 0 Å². The van der Waals surface area contributed by atoms with Crippen LogP contribution in [0.4, 0.5) is 0 Å². The topological polar surface area (TPSA) is 17.8 Å². The molecule has 0 unspecified atom stereocenters. The van der Waals surface area contributed by atoms with Gasteiger partial charge in [-0.15, -0.1) is 11.3 Å². The van der Waals surface area contributed by atoms with Crippen molar-refractivity contribution in [3.8, 4) is 16.8 Å². The summed E-state index contributed by atoms with van der Waals surface area (Å²) in [6, 6.07) is 28.9. The highest BCUT2D eigenvalue weighted by molar-refractivity contribution is 7.16. The SMILES string of the molecule is CC1(C)c2ccccc2-c2ccc3c(c21)c1ccccc1n3-c1ccc2ncsc2c1. The Morgan fingerprint density at radius 2 is 1.65 bits per heavy atom. The van der Waals surface area contributed by atoms with Gasteiger partial charge in [-0.3, -0.25) is 0 Å². The van der Waals surface area contributed by atoms with Gasteiger partial charge in [0.2, 0.25) is 0 Å². The van der Waals surface area contributed by atoms with Gasteiger partial charge in [-0.2, -0.15) is 0 Å². The Morgan fingerprint density at radius 1 is 0.806 bits per heavy atom. The minimum Gasteiger partial charge on any atom is -0.309 e. The van der Waals surface area contributed by atoms with Crippen molar-refractivity contribution >= 4 is 43.4 Å². The largest absolute Gasteiger partial charge is 0.309 e. The van der Waals surface area contributed by atoms with Crippen molar-refractivity contribution in [1.82, 2.24) is 9.55 Å². The molecule has 6 aromatic rings. The molecule has 0 amide bonds. The Bertz CT molecular complexity index is 1670. The van der Waals surface area contributed by atoms with Gasteiger partial charge in [0.15, 0.2) is 0 Å². The number of fused-ring (bicyclic) bond motifs is 8. The zero-order valence-corrected chi connectivity index (χ0v) is 18.2. The van der Waals surface area contributed by atoms with Crippen LogP contribution in [-0.4, -0.2) is 9.55 Å². The number of benzene rings is 4. The Labute approximate surface area is 184 Å². The summed E-state index contributed by atoms with van der Waals surface area (Å²) in [5.74, 6) is 0. The fourth-order valence-electron chi connectivity index (χ4n) is 5.59. The second-order valence-corrected chi connectivity index (χ2v) is 9.80. The lowest BCUT2D eigenvalue weighted by Gasteiger charge is -2.22. The van der Waals surface area contributed by atoms with E-state index in [2.05, 4.69) is 102 Å². The number of rotatable bonds is 1. The monoisotopic (exact) mass is 416 g/mol. The molecule has 4 aromatic carbocycles. The second-order valence-electron chi connectivity index (χ2n) is 8.91. The van der Waals surface area contributed by atoms with Gasteiger partial charge in [0.1, 0.15) is 0 Å². The first-order valence-electron chi connectivity index (χ1n) is 10.6. The third-order valence-corrected chi connectivity index (χ3v) is 7.72. The summed E-state index contributed by atoms with van der Waals surface area (Å²) in [5.41, 5.74) is 12.3. The molecule has 31 heavy (non-hydrogen) atoms. The number of nitrogens with zero attached hydrogens (tertiary/aromatic N) is 2. The predicted molar refractivity (Wildman–Crippen MR) is 132 cm³/mol. The Hall–Kier alpha value is -3.43. The van der Waals surface area contributed by atoms with Crippen LogP contribution in [0.2, 0.25) is 0 Å². The normalized spacial score (nSPS) is 14.4. The summed E-state index contributed by atoms with van der Waals surface area (Å²) in [5, 5.41) is 2.69. The maximum atomic E-state index is 4.46. The van der Waals surface area contributed by atoms with E-state index in [0.717, 1.165) is 5.52 Å². The molecule has 148 valence electrons. The molecule has 0 spiro atoms. The molecule has 0 saturated heterocycles. The number of thiazole rings is 1. The van der Waals surface area contributed by atoms with Crippen molar-refractivity contribution in [2.45, 2.75) is 19.3 Å². The summed E-state index contributed by atoms with van der Waals surface area (Å²) < 4.78 is 3.64. The molecular formula is C28H20N2S. The van der Waals surface area contributed by atoms with Crippen LogP contribution in [0.15, 0.2) is 84.4 Å². The zero-order valence-electron chi connectivity index (χ0n) is 17.4. The van der Waals surface area contributed by atoms with Crippen LogP contribution in [0.3, 0.4) is 0 Å². The summed E-state index contributed by atoms with van der Waals surface area (Å²) in [6.45, 7) is 4.74. The van der Waals surface area contributed by atoms with Gasteiger partial charge in [-0.25, -0.2) is 4.98 Å². The molecule has 0 N–H and O–H groups in total. The highest BCUT2D eigenvalue weighted by Gasteiger charge is 2.37. The Kier molecular flexibility index (Phi) is 3.25. The third-order valence-electron chi connectivity index (χ3n) is 6.93. The lowest BCUT2D eigenvalue weighted by molar-refractivity contribution is 0.666. The van der Waals surface area contributed by atoms with Crippen LogP contribution in [0.25, 0.3) is 48.8 Å². The highest BCUT2D eigenvalue weighted by Crippen LogP contribution is 2.53. The molecule has 1 aliphatic rings. The number of hydrogen-bond donors (Lipinski definition) is 0. The van der Waals surface area contributed by atoms with Crippen LogP contribution < -0.4 is 0 Å². The molecular weight excluding hydrogens is 396 g/mol. The lowest BCUT2D eigenvalue weighted by atomic mass is 9.80. The highest BCUT2D eigenvalue weighted by atomic mass is 32.1. The fraction of sp³-hybridized carbons (Fsp3) is 0.107. The molecule has 2 heterocycles. The summed E-state index contributed by atoms with van der Waals surface area (Å²) in [7, 11) is 0. The molecule has 0 bridgehead atoms. The summed E-state index contributed by atoms with van der Waals surface area (Å²) in [4.78, 5) is 4.46. The van der Waals surface area contributed by atoms with E-state index in [-0.39, 0.29) is 5.41 Å². The van der Waals surface area contributed by atoms with Crippen molar-refractivity contribution < 1.29 is 0 Å². The molecule has 0 fully saturated rings. The average molecular weight is 417 g/mol. The number of hydrogen-bond acceptors (Lipinski definition) is 2. The van der Waals surface area contributed by atoms with E-state index >= 15 is 0 Å². The van der Waals surface area contributed by atoms with Gasteiger partial charge < -0.3 is 4.57 Å². The van der Waals surface area contributed by atoms with Crippen molar-refractivity contribution in [3.63, 3.8) is 0 Å². The van der Waals surface area contributed by atoms with E-state index in [1.807, 2.05) is 5.51 Å². The van der Waals surface area contributed by atoms with E-state index in [1.54, 1.807) is 11.3 Å². The maximum Gasteiger partial charge on any atom is 0.0813 e. The van der Waals surface area contributed by atoms with Crippen molar-refractivity contribution in [2.75, 3.05) is 0 Å². The Morgan fingerprint density at radius 3 is 2.58 bits per heavy atom. The first kappa shape index (κ1) is 17.3. The van der Waals surface area contributed by atoms with Crippen LogP contribution >= 0.6 is 11.3 Å². The molecule has 2 nitrogen and oxygen atoms in total. The standard InChI is InChI=1S/C28H20N2S/c1-28(2)21-9-5-3-7-18(21)19-12-14-24-26(27(19)28)20-8-4-6-10-23(20)30(24)17-11-13-22-25(15-17)31-16-29-22/h3-16H,1-2H3. The van der Waals surface area contributed by atoms with Crippen LogP contribution in [0.5, 0.6) is 0 Å². The molecule has 2 aromatic heterocycles. The quantitative estimate of drug-likeness (QED) is 0.268. The molecule has 0 radical (unpaired) electrons. The van der Waals surface area contributed by atoms with E-state index in [1.165, 1.54) is 54.4 Å². The molecule has 3 heteroatoms. The van der Waals surface area contributed by atoms with Crippen LogP contribution in [-0.2, 0) is 5.41 Å². The first-order chi connectivity index (χ1) is 15.1. The van der Waals surface area contributed by atoms with Crippen molar-refractivity contribution in [3.05, 3.63) is 95.5 Å². The van der Waals surface area contributed by atoms with Crippen LogP contribution in [0, 0.1) is 0 Å². The number of para-hydroxylation sites is 1. The number of aromatic nitrogens is 2. The fourth-order valence-corrected chi connectivity index (χ4v) is 6.30. The van der Waals surface area contributed by atoms with Gasteiger partial charge in [0.25, 0.3) is 0 Å². The molecule has 0 aliphatic heterocycles. The van der Waals surface area contributed by atoms with Gasteiger partial charge in [0, 0.05) is 21.9 Å². The molecule has 0 saturated carbocycles. The van der Waals surface area contributed by atoms with Crippen LogP contribution in [0.1, 0.15) is 25.0 Å².